The van der Waals surface area contributed by atoms with Crippen LogP contribution in [0.4, 0.5) is 23.7 Å². The molecule has 274 valence electrons. The molecule has 0 spiro atoms. The topological polar surface area (TPSA) is 164 Å². The molecule has 3 fully saturated rings. The van der Waals surface area contributed by atoms with E-state index >= 15 is 0 Å². The molecule has 51 heavy (non-hydrogen) atoms. The van der Waals surface area contributed by atoms with E-state index in [9.17, 15) is 40.8 Å². The van der Waals surface area contributed by atoms with Crippen molar-refractivity contribution in [2.24, 2.45) is 17.8 Å². The Hall–Kier alpha value is -4.47. The van der Waals surface area contributed by atoms with E-state index < -0.39 is 74.3 Å². The minimum Gasteiger partial charge on any atom is -0.446 e. The summed E-state index contributed by atoms with van der Waals surface area (Å²) in [6.45, 7) is 2.14. The number of aryl methyl sites for hydroxylation is 1. The Bertz CT molecular complexity index is 1870. The van der Waals surface area contributed by atoms with Crippen LogP contribution in [0.15, 0.2) is 48.6 Å². The van der Waals surface area contributed by atoms with Crippen LogP contribution in [0.25, 0.3) is 11.3 Å². The zero-order valence-electron chi connectivity index (χ0n) is 28.2. The van der Waals surface area contributed by atoms with Crippen molar-refractivity contribution in [3.8, 4) is 11.3 Å². The minimum absolute atomic E-state index is 0.0534. The molecule has 3 aliphatic carbocycles. The van der Waals surface area contributed by atoms with Gasteiger partial charge >= 0.3 is 12.3 Å². The number of carbonyl (C=O) groups is 4. The zero-order valence-corrected chi connectivity index (χ0v) is 29.0. The highest BCUT2D eigenvalue weighted by Crippen LogP contribution is 2.47. The molecule has 0 saturated heterocycles. The van der Waals surface area contributed by atoms with Gasteiger partial charge in [0.05, 0.1) is 34.0 Å². The van der Waals surface area contributed by atoms with Crippen LogP contribution >= 0.6 is 0 Å². The van der Waals surface area contributed by atoms with Gasteiger partial charge in [0.15, 0.2) is 0 Å². The molecule has 0 unspecified atom stereocenters. The summed E-state index contributed by atoms with van der Waals surface area (Å²) in [5, 5.41) is 4.52. The molecular formula is C35H40F3N5O7S. The van der Waals surface area contributed by atoms with Crippen LogP contribution in [-0.4, -0.2) is 72.6 Å². The van der Waals surface area contributed by atoms with Gasteiger partial charge in [-0.2, -0.15) is 13.2 Å². The third-order valence-corrected chi connectivity index (χ3v) is 11.8. The smallest absolute Gasteiger partial charge is 0.416 e. The Kier molecular flexibility index (Phi) is 9.92. The summed E-state index contributed by atoms with van der Waals surface area (Å²) in [5.74, 6) is -4.31. The number of alkyl halides is 3. The predicted molar refractivity (Wildman–Crippen MR) is 179 cm³/mol. The molecule has 4 aliphatic rings. The fourth-order valence-electron chi connectivity index (χ4n) is 6.92. The van der Waals surface area contributed by atoms with E-state index in [2.05, 4.69) is 20.3 Å². The fourth-order valence-corrected chi connectivity index (χ4v) is 8.29. The third kappa shape index (κ3) is 8.05. The largest absolute Gasteiger partial charge is 0.446 e. The lowest BCUT2D eigenvalue weighted by atomic mass is 9.93. The highest BCUT2D eigenvalue weighted by Gasteiger charge is 2.62. The van der Waals surface area contributed by atoms with Gasteiger partial charge < -0.3 is 15.0 Å². The lowest BCUT2D eigenvalue weighted by Gasteiger charge is -2.26. The number of anilines is 1. The van der Waals surface area contributed by atoms with Gasteiger partial charge in [-0.25, -0.2) is 13.2 Å². The summed E-state index contributed by atoms with van der Waals surface area (Å²) in [7, 11) is -2.29. The maximum Gasteiger partial charge on any atom is 0.416 e. The molecular weight excluding hydrogens is 691 g/mol. The second kappa shape index (κ2) is 13.9. The molecule has 1 aliphatic heterocycles. The van der Waals surface area contributed by atoms with Crippen molar-refractivity contribution in [2.75, 3.05) is 18.9 Å². The van der Waals surface area contributed by atoms with Crippen molar-refractivity contribution in [1.82, 2.24) is 19.9 Å². The first kappa shape index (κ1) is 36.3. The number of amides is 4. The summed E-state index contributed by atoms with van der Waals surface area (Å²) in [6.07, 6.45) is -0.110. The van der Waals surface area contributed by atoms with E-state index in [-0.39, 0.29) is 36.4 Å². The van der Waals surface area contributed by atoms with Gasteiger partial charge in [-0.3, -0.25) is 29.4 Å². The summed E-state index contributed by atoms with van der Waals surface area (Å²) in [5.41, 5.74) is -1.57. The number of benzene rings is 1. The van der Waals surface area contributed by atoms with Crippen molar-refractivity contribution in [1.29, 1.82) is 0 Å². The number of sulfonamides is 1. The molecule has 4 amide bonds. The Labute approximate surface area is 293 Å². The molecule has 0 bridgehead atoms. The van der Waals surface area contributed by atoms with Crippen molar-refractivity contribution in [3.05, 3.63) is 59.8 Å². The van der Waals surface area contributed by atoms with E-state index in [4.69, 9.17) is 4.74 Å². The molecule has 5 atom stereocenters. The second-order valence-corrected chi connectivity index (χ2v) is 15.9. The fraction of sp³-hybridized carbons (Fsp3) is 0.514. The Morgan fingerprint density at radius 1 is 1.08 bits per heavy atom. The van der Waals surface area contributed by atoms with Crippen LogP contribution in [-0.2, 0) is 35.3 Å². The highest BCUT2D eigenvalue weighted by molar-refractivity contribution is 7.91. The lowest BCUT2D eigenvalue weighted by Crippen LogP contribution is -2.54. The van der Waals surface area contributed by atoms with Gasteiger partial charge in [-0.05, 0) is 82.6 Å². The normalized spacial score (nSPS) is 27.0. The van der Waals surface area contributed by atoms with Crippen molar-refractivity contribution < 1.29 is 45.5 Å². The quantitative estimate of drug-likeness (QED) is 0.360. The number of rotatable bonds is 6. The van der Waals surface area contributed by atoms with Gasteiger partial charge in [0, 0.05) is 30.8 Å². The molecule has 3 N–H and O–H groups in total. The summed E-state index contributed by atoms with van der Waals surface area (Å²) in [6, 6.07) is 7.87. The molecule has 3 saturated carbocycles. The van der Waals surface area contributed by atoms with Crippen LogP contribution in [0.1, 0.15) is 62.6 Å². The number of fused-ring (bicyclic) bond motifs is 2. The lowest BCUT2D eigenvalue weighted by molar-refractivity contribution is -0.140. The number of halogens is 3. The first-order chi connectivity index (χ1) is 24.1. The average Bonchev–Trinajstić information content (AvgIpc) is 3.98. The number of carbonyl (C=O) groups excluding carboxylic acids is 4. The average molecular weight is 732 g/mol. The monoisotopic (exact) mass is 731 g/mol. The molecule has 1 aromatic carbocycles. The predicted octanol–water partition coefficient (Wildman–Crippen LogP) is 4.70. The number of ether oxygens (including phenoxy) is 1. The number of pyridine rings is 1. The SMILES string of the molecule is Cc1cccc(-c2ccc(C(F)(F)F)cc2NC(=O)O[C@@H]2C[C@H]3C(=O)N[C@]4(C(=O)NS(=O)(=O)C5CC5)C[C@H]4C=CCCCCN(C)C(=O)[C@@H]3C2)n1. The van der Waals surface area contributed by atoms with E-state index in [0.29, 0.717) is 43.6 Å². The maximum atomic E-state index is 14.0. The molecule has 6 rings (SSSR count). The number of hydrogen-bond donors (Lipinski definition) is 3. The molecule has 12 nitrogen and oxygen atoms in total. The van der Waals surface area contributed by atoms with Crippen molar-refractivity contribution in [2.45, 2.75) is 81.4 Å². The molecule has 0 radical (unpaired) electrons. The van der Waals surface area contributed by atoms with Gasteiger partial charge in [0.1, 0.15) is 11.6 Å². The number of hydrogen-bond acceptors (Lipinski definition) is 8. The van der Waals surface area contributed by atoms with E-state index in [0.717, 1.165) is 18.6 Å². The van der Waals surface area contributed by atoms with Crippen LogP contribution in [0.2, 0.25) is 0 Å². The Morgan fingerprint density at radius 3 is 2.53 bits per heavy atom. The van der Waals surface area contributed by atoms with Gasteiger partial charge in [0.2, 0.25) is 21.8 Å². The first-order valence-corrected chi connectivity index (χ1v) is 18.5. The van der Waals surface area contributed by atoms with Gasteiger partial charge in [0.25, 0.3) is 5.91 Å². The van der Waals surface area contributed by atoms with E-state index in [1.165, 1.54) is 11.0 Å². The third-order valence-electron chi connectivity index (χ3n) is 10.0. The van der Waals surface area contributed by atoms with Gasteiger partial charge in [-0.1, -0.05) is 24.3 Å². The first-order valence-electron chi connectivity index (χ1n) is 17.0. The van der Waals surface area contributed by atoms with Crippen LogP contribution in [0, 0.1) is 24.7 Å². The summed E-state index contributed by atoms with van der Waals surface area (Å²) in [4.78, 5) is 60.3. The zero-order chi connectivity index (χ0) is 36.7. The number of nitrogens with zero attached hydrogens (tertiary/aromatic N) is 2. The molecule has 16 heteroatoms. The van der Waals surface area contributed by atoms with Crippen molar-refractivity contribution >= 4 is 39.5 Å². The molecule has 1 aromatic heterocycles. The Balaban J connectivity index is 1.23. The van der Waals surface area contributed by atoms with Crippen LogP contribution in [0.5, 0.6) is 0 Å². The minimum atomic E-state index is -4.70. The number of nitrogens with one attached hydrogen (secondary N) is 3. The Morgan fingerprint density at radius 2 is 1.82 bits per heavy atom. The van der Waals surface area contributed by atoms with E-state index in [1.807, 2.05) is 6.08 Å². The van der Waals surface area contributed by atoms with Crippen LogP contribution in [0.3, 0.4) is 0 Å². The summed E-state index contributed by atoms with van der Waals surface area (Å²) < 4.78 is 74.1. The van der Waals surface area contributed by atoms with Gasteiger partial charge in [-0.15, -0.1) is 0 Å². The highest BCUT2D eigenvalue weighted by atomic mass is 32.2. The molecule has 2 heterocycles. The number of allylic oxidation sites excluding steroid dienone is 1. The number of aromatic nitrogens is 1. The summed E-state index contributed by atoms with van der Waals surface area (Å²) >= 11 is 0. The van der Waals surface area contributed by atoms with E-state index in [1.54, 1.807) is 38.2 Å². The standard InChI is InChI=1S/C35H40F3N5O7S/c1-20-8-7-10-28(39-20)25-14-11-21(35(36,37)38)16-29(25)40-33(47)50-23-17-26-27(18-23)31(45)43(2)15-6-4-3-5-9-22-19-34(22,41-30(26)44)32(46)42-51(48,49)24-12-13-24/h5,7-11,14,16,22-24,26-27H,3-4,6,12-13,15,17-19H2,1-2H3,(H,40,47)(H,41,44)(H,42,46)/t22-,23-,26-,27-,34-/m1/s1. The van der Waals surface area contributed by atoms with Crippen molar-refractivity contribution in [3.63, 3.8) is 0 Å². The maximum absolute atomic E-state index is 14.0. The second-order valence-electron chi connectivity index (χ2n) is 13.9. The van der Waals surface area contributed by atoms with Crippen LogP contribution < -0.4 is 15.4 Å². The molecule has 2 aromatic rings.